The van der Waals surface area contributed by atoms with Crippen LogP contribution in [0, 0.1) is 0 Å². The molecule has 2 unspecified atom stereocenters. The molecule has 4 aromatic rings. The van der Waals surface area contributed by atoms with E-state index in [0.717, 1.165) is 34.6 Å². The van der Waals surface area contributed by atoms with Gasteiger partial charge in [-0.15, -0.1) is 0 Å². The number of ether oxygens (including phenoxy) is 1. The molecule has 2 heterocycles. The van der Waals surface area contributed by atoms with Crippen LogP contribution in [-0.2, 0) is 0 Å². The van der Waals surface area contributed by atoms with Crippen molar-refractivity contribution in [3.63, 3.8) is 0 Å². The highest BCUT2D eigenvalue weighted by atomic mass is 35.5. The molecular weight excluding hydrogens is 427 g/mol. The second-order valence-corrected chi connectivity index (χ2v) is 8.73. The average molecular weight is 445 g/mol. The maximum absolute atomic E-state index is 6.56. The SMILES string of the molecule is Clc1ccc(C2Oc3ccccc3C3CC(c4ccc5ccccc5c4)=NN32)c(Cl)c1. The lowest BCUT2D eigenvalue weighted by Gasteiger charge is -2.38. The van der Waals surface area contributed by atoms with Gasteiger partial charge in [0.05, 0.1) is 16.8 Å². The zero-order chi connectivity index (χ0) is 20.9. The van der Waals surface area contributed by atoms with Gasteiger partial charge in [0.15, 0.2) is 0 Å². The summed E-state index contributed by atoms with van der Waals surface area (Å²) >= 11 is 12.7. The number of hydrogen-bond acceptors (Lipinski definition) is 3. The fourth-order valence-electron chi connectivity index (χ4n) is 4.48. The minimum Gasteiger partial charge on any atom is -0.464 e. The normalized spacial score (nSPS) is 19.5. The third-order valence-corrected chi connectivity index (χ3v) is 6.57. The lowest BCUT2D eigenvalue weighted by molar-refractivity contribution is -0.0189. The molecule has 152 valence electrons. The van der Waals surface area contributed by atoms with Crippen LogP contribution in [0.15, 0.2) is 90.0 Å². The maximum Gasteiger partial charge on any atom is 0.215 e. The summed E-state index contributed by atoms with van der Waals surface area (Å²) in [5.74, 6) is 0.870. The summed E-state index contributed by atoms with van der Waals surface area (Å²) in [5.41, 5.74) is 4.18. The number of hydrogen-bond donors (Lipinski definition) is 0. The van der Waals surface area contributed by atoms with E-state index in [-0.39, 0.29) is 6.04 Å². The Morgan fingerprint density at radius 2 is 1.61 bits per heavy atom. The summed E-state index contributed by atoms with van der Waals surface area (Å²) in [5, 5.41) is 10.7. The van der Waals surface area contributed by atoms with E-state index in [2.05, 4.69) is 48.5 Å². The quantitative estimate of drug-likeness (QED) is 0.321. The Morgan fingerprint density at radius 1 is 0.806 bits per heavy atom. The first-order valence-corrected chi connectivity index (χ1v) is 11.0. The van der Waals surface area contributed by atoms with Crippen molar-refractivity contribution in [2.45, 2.75) is 18.7 Å². The minimum absolute atomic E-state index is 0.0863. The van der Waals surface area contributed by atoms with Gasteiger partial charge in [0.1, 0.15) is 5.75 Å². The lowest BCUT2D eigenvalue weighted by Crippen LogP contribution is -2.33. The minimum atomic E-state index is -0.414. The standard InChI is InChI=1S/C26H18Cl2N2O/c27-19-11-12-20(22(28)14-19)26-30-24(21-7-3-4-8-25(21)31-26)15-23(29-30)18-10-9-16-5-1-2-6-17(16)13-18/h1-14,24,26H,15H2. The van der Waals surface area contributed by atoms with Crippen molar-refractivity contribution < 1.29 is 4.74 Å². The highest BCUT2D eigenvalue weighted by Gasteiger charge is 2.41. The first-order valence-electron chi connectivity index (χ1n) is 10.2. The number of rotatable bonds is 2. The molecule has 0 aliphatic carbocycles. The van der Waals surface area contributed by atoms with E-state index in [1.165, 1.54) is 10.8 Å². The molecule has 0 bridgehead atoms. The maximum atomic E-state index is 6.56. The number of hydrazone groups is 1. The lowest BCUT2D eigenvalue weighted by atomic mass is 9.95. The van der Waals surface area contributed by atoms with Crippen molar-refractivity contribution >= 4 is 39.7 Å². The molecule has 2 aliphatic rings. The van der Waals surface area contributed by atoms with Crippen LogP contribution in [0.5, 0.6) is 5.75 Å². The van der Waals surface area contributed by atoms with E-state index < -0.39 is 6.23 Å². The Morgan fingerprint density at radius 3 is 2.48 bits per heavy atom. The molecule has 0 radical (unpaired) electrons. The van der Waals surface area contributed by atoms with Crippen LogP contribution in [0.1, 0.15) is 35.4 Å². The van der Waals surface area contributed by atoms with Crippen molar-refractivity contribution in [3.05, 3.63) is 112 Å². The highest BCUT2D eigenvalue weighted by molar-refractivity contribution is 6.35. The number of para-hydroxylation sites is 1. The summed E-state index contributed by atoms with van der Waals surface area (Å²) < 4.78 is 6.40. The third kappa shape index (κ3) is 3.16. The van der Waals surface area contributed by atoms with Gasteiger partial charge in [0.2, 0.25) is 6.23 Å². The van der Waals surface area contributed by atoms with Gasteiger partial charge in [-0.2, -0.15) is 5.10 Å². The zero-order valence-corrected chi connectivity index (χ0v) is 18.0. The number of fused-ring (bicyclic) bond motifs is 4. The number of halogens is 2. The first kappa shape index (κ1) is 18.7. The molecule has 2 aliphatic heterocycles. The van der Waals surface area contributed by atoms with Crippen LogP contribution in [0.3, 0.4) is 0 Å². The molecule has 3 nitrogen and oxygen atoms in total. The largest absolute Gasteiger partial charge is 0.464 e. The molecule has 0 N–H and O–H groups in total. The zero-order valence-electron chi connectivity index (χ0n) is 16.5. The fraction of sp³-hybridized carbons (Fsp3) is 0.115. The number of benzene rings is 4. The van der Waals surface area contributed by atoms with Crippen LogP contribution in [0.2, 0.25) is 10.0 Å². The summed E-state index contributed by atoms with van der Waals surface area (Å²) in [4.78, 5) is 0. The van der Waals surface area contributed by atoms with E-state index >= 15 is 0 Å². The van der Waals surface area contributed by atoms with Gasteiger partial charge in [-0.3, -0.25) is 0 Å². The summed E-state index contributed by atoms with van der Waals surface area (Å²) in [6.45, 7) is 0. The molecule has 0 spiro atoms. The van der Waals surface area contributed by atoms with Gasteiger partial charge in [-0.25, -0.2) is 5.01 Å². The monoisotopic (exact) mass is 444 g/mol. The van der Waals surface area contributed by atoms with E-state index in [0.29, 0.717) is 10.0 Å². The molecular formula is C26H18Cl2N2O. The van der Waals surface area contributed by atoms with Gasteiger partial charge in [-0.05, 0) is 40.6 Å². The average Bonchev–Trinajstić information content (AvgIpc) is 3.24. The van der Waals surface area contributed by atoms with Crippen LogP contribution in [0.4, 0.5) is 0 Å². The predicted molar refractivity (Wildman–Crippen MR) is 126 cm³/mol. The van der Waals surface area contributed by atoms with Gasteiger partial charge in [-0.1, -0.05) is 83.9 Å². The van der Waals surface area contributed by atoms with Crippen LogP contribution < -0.4 is 4.74 Å². The van der Waals surface area contributed by atoms with Crippen molar-refractivity contribution in [1.29, 1.82) is 0 Å². The smallest absolute Gasteiger partial charge is 0.215 e. The highest BCUT2D eigenvalue weighted by Crippen LogP contribution is 2.48. The molecule has 4 aromatic carbocycles. The second kappa shape index (κ2) is 7.30. The Balaban J connectivity index is 1.46. The molecule has 2 atom stereocenters. The second-order valence-electron chi connectivity index (χ2n) is 7.88. The summed E-state index contributed by atoms with van der Waals surface area (Å²) in [6.07, 6.45) is 0.392. The molecule has 0 aromatic heterocycles. The van der Waals surface area contributed by atoms with Gasteiger partial charge in [0, 0.05) is 22.6 Å². The Bertz CT molecular complexity index is 1350. The van der Waals surface area contributed by atoms with Crippen molar-refractivity contribution in [2.24, 2.45) is 5.10 Å². The summed E-state index contributed by atoms with van der Waals surface area (Å²) in [6, 6.07) is 28.7. The molecule has 0 fully saturated rings. The summed E-state index contributed by atoms with van der Waals surface area (Å²) in [7, 11) is 0. The van der Waals surface area contributed by atoms with Crippen LogP contribution in [0.25, 0.3) is 10.8 Å². The Labute approximate surface area is 190 Å². The van der Waals surface area contributed by atoms with Gasteiger partial charge in [0.25, 0.3) is 0 Å². The van der Waals surface area contributed by atoms with Gasteiger partial charge >= 0.3 is 0 Å². The van der Waals surface area contributed by atoms with Crippen molar-refractivity contribution in [2.75, 3.05) is 0 Å². The Kier molecular flexibility index (Phi) is 4.41. The Hall–Kier alpha value is -3.01. The fourth-order valence-corrected chi connectivity index (χ4v) is 4.99. The van der Waals surface area contributed by atoms with Crippen molar-refractivity contribution in [1.82, 2.24) is 5.01 Å². The van der Waals surface area contributed by atoms with Crippen LogP contribution >= 0.6 is 23.2 Å². The predicted octanol–water partition coefficient (Wildman–Crippen LogP) is 7.39. The van der Waals surface area contributed by atoms with E-state index in [4.69, 9.17) is 33.0 Å². The van der Waals surface area contributed by atoms with Crippen LogP contribution in [-0.4, -0.2) is 10.7 Å². The molecule has 0 saturated carbocycles. The molecule has 0 amide bonds. The molecule has 5 heteroatoms. The number of nitrogens with zero attached hydrogens (tertiary/aromatic N) is 2. The van der Waals surface area contributed by atoms with Gasteiger partial charge < -0.3 is 4.74 Å². The molecule has 0 saturated heterocycles. The topological polar surface area (TPSA) is 24.8 Å². The van der Waals surface area contributed by atoms with E-state index in [1.54, 1.807) is 6.07 Å². The van der Waals surface area contributed by atoms with E-state index in [9.17, 15) is 0 Å². The first-order chi connectivity index (χ1) is 15.2. The van der Waals surface area contributed by atoms with Crippen molar-refractivity contribution in [3.8, 4) is 5.75 Å². The van der Waals surface area contributed by atoms with E-state index in [1.807, 2.05) is 35.3 Å². The molecule has 6 rings (SSSR count). The third-order valence-electron chi connectivity index (χ3n) is 6.01. The molecule has 31 heavy (non-hydrogen) atoms.